The summed E-state index contributed by atoms with van der Waals surface area (Å²) in [5, 5.41) is 39.4. The van der Waals surface area contributed by atoms with E-state index in [1.807, 2.05) is 0 Å². The summed E-state index contributed by atoms with van der Waals surface area (Å²) in [6.07, 6.45) is -3.65. The molecule has 4 rings (SSSR count). The van der Waals surface area contributed by atoms with E-state index < -0.39 is 58.1 Å². The van der Waals surface area contributed by atoms with Crippen LogP contribution in [0, 0.1) is 0 Å². The van der Waals surface area contributed by atoms with E-state index in [1.165, 1.54) is 54.6 Å². The maximum atomic E-state index is 12.0. The molecule has 5 unspecified atom stereocenters. The number of benzene rings is 2. The first-order valence-corrected chi connectivity index (χ1v) is 13.2. The van der Waals surface area contributed by atoms with Gasteiger partial charge in [-0.1, -0.05) is 53.5 Å². The number of ether oxygens (including phenoxy) is 2. The van der Waals surface area contributed by atoms with Crippen molar-refractivity contribution in [1.29, 1.82) is 0 Å². The fourth-order valence-electron chi connectivity index (χ4n) is 4.07. The van der Waals surface area contributed by atoms with Gasteiger partial charge in [-0.05, 0) is 47.1 Å². The Morgan fingerprint density at radius 2 is 1.72 bits per heavy atom. The van der Waals surface area contributed by atoms with Crippen LogP contribution in [0.2, 0.25) is 5.02 Å². The number of aliphatic hydroxyl groups excluding tert-OH is 4. The van der Waals surface area contributed by atoms with Gasteiger partial charge in [-0.3, -0.25) is 4.79 Å². The molecule has 0 aromatic heterocycles. The molecule has 1 fully saturated rings. The van der Waals surface area contributed by atoms with Crippen molar-refractivity contribution < 1.29 is 77.2 Å². The molecule has 4 N–H and O–H groups in total. The molecule has 5 atom stereocenters. The standard InChI is InChI=1S/C25H22Cl2O10S.Na/c26-15-9-12(5-7-17(15)29)21(14-3-1-2-4-20(14)38(33,34)35)13-6-8-18(16(27)10-13)36-25-24(32)23(31)22(30)19(11-28)37-25;/h1-10,19,22-25,28,30-32H,11H2,(H,33,34,35);/q;+1/p-1/b21-12+;. The zero-order chi connectivity index (χ0) is 27.8. The minimum Gasteiger partial charge on any atom is -0.744 e. The van der Waals surface area contributed by atoms with Crippen molar-refractivity contribution in [2.45, 2.75) is 35.6 Å². The Kier molecular flexibility index (Phi) is 10.6. The molecule has 14 heteroatoms. The second kappa shape index (κ2) is 12.9. The number of hydrogen-bond acceptors (Lipinski definition) is 10. The van der Waals surface area contributed by atoms with Gasteiger partial charge in [0.05, 0.1) is 21.6 Å². The minimum absolute atomic E-state index is 0. The van der Waals surface area contributed by atoms with Gasteiger partial charge in [0.1, 0.15) is 40.3 Å². The maximum Gasteiger partial charge on any atom is 1.00 e. The molecule has 0 radical (unpaired) electrons. The van der Waals surface area contributed by atoms with Crippen molar-refractivity contribution >= 4 is 44.7 Å². The van der Waals surface area contributed by atoms with E-state index in [0.717, 1.165) is 6.07 Å². The number of carbonyl (C=O) groups excluding carboxylic acids is 1. The smallest absolute Gasteiger partial charge is 0.744 e. The van der Waals surface area contributed by atoms with E-state index in [9.17, 15) is 38.2 Å². The number of hydrogen-bond donors (Lipinski definition) is 4. The second-order valence-electron chi connectivity index (χ2n) is 8.43. The molecule has 1 aliphatic carbocycles. The van der Waals surface area contributed by atoms with Crippen LogP contribution in [0.15, 0.2) is 76.2 Å². The fourth-order valence-corrected chi connectivity index (χ4v) is 5.16. The number of ketones is 1. The average Bonchev–Trinajstić information content (AvgIpc) is 2.87. The van der Waals surface area contributed by atoms with Crippen LogP contribution >= 0.6 is 23.2 Å². The Morgan fingerprint density at radius 1 is 1.03 bits per heavy atom. The summed E-state index contributed by atoms with van der Waals surface area (Å²) in [7, 11) is -4.91. The van der Waals surface area contributed by atoms with Crippen LogP contribution in [0.4, 0.5) is 0 Å². The summed E-state index contributed by atoms with van der Waals surface area (Å²) in [5.41, 5.74) is 0.908. The summed E-state index contributed by atoms with van der Waals surface area (Å²) >= 11 is 12.5. The summed E-state index contributed by atoms with van der Waals surface area (Å²) < 4.78 is 47.0. The Labute approximate surface area is 255 Å². The van der Waals surface area contributed by atoms with E-state index in [0.29, 0.717) is 11.1 Å². The maximum absolute atomic E-state index is 12.0. The quantitative estimate of drug-likeness (QED) is 0.223. The molecule has 0 bridgehead atoms. The van der Waals surface area contributed by atoms with Crippen molar-refractivity contribution in [3.8, 4) is 5.75 Å². The van der Waals surface area contributed by atoms with Gasteiger partial charge in [0.25, 0.3) is 0 Å². The van der Waals surface area contributed by atoms with Crippen LogP contribution in [-0.2, 0) is 19.6 Å². The zero-order valence-electron chi connectivity index (χ0n) is 20.3. The van der Waals surface area contributed by atoms with Crippen molar-refractivity contribution in [3.63, 3.8) is 0 Å². The summed E-state index contributed by atoms with van der Waals surface area (Å²) in [6, 6.07) is 9.74. The number of allylic oxidation sites excluding steroid dienone is 5. The molecule has 1 heterocycles. The third kappa shape index (κ3) is 6.84. The van der Waals surface area contributed by atoms with Gasteiger partial charge in [0, 0.05) is 5.56 Å². The third-order valence-corrected chi connectivity index (χ3v) is 7.44. The fraction of sp³-hybridized carbons (Fsp3) is 0.240. The molecule has 0 amide bonds. The molecule has 10 nitrogen and oxygen atoms in total. The zero-order valence-corrected chi connectivity index (χ0v) is 24.6. The summed E-state index contributed by atoms with van der Waals surface area (Å²) in [4.78, 5) is 11.4. The van der Waals surface area contributed by atoms with Crippen LogP contribution in [0.5, 0.6) is 5.75 Å². The van der Waals surface area contributed by atoms with Gasteiger partial charge in [-0.25, -0.2) is 8.42 Å². The first-order chi connectivity index (χ1) is 17.9. The minimum atomic E-state index is -4.91. The van der Waals surface area contributed by atoms with Crippen molar-refractivity contribution in [2.24, 2.45) is 0 Å². The van der Waals surface area contributed by atoms with Crippen molar-refractivity contribution in [2.75, 3.05) is 6.61 Å². The van der Waals surface area contributed by atoms with Gasteiger partial charge >= 0.3 is 29.6 Å². The molecule has 2 aliphatic rings. The predicted molar refractivity (Wildman–Crippen MR) is 134 cm³/mol. The largest absolute Gasteiger partial charge is 1.00 e. The first kappa shape index (κ1) is 31.9. The number of rotatable bonds is 6. The van der Waals surface area contributed by atoms with Crippen LogP contribution in [0.3, 0.4) is 0 Å². The number of halogens is 2. The molecule has 0 spiro atoms. The first-order valence-electron chi connectivity index (χ1n) is 11.1. The number of carbonyl (C=O) groups is 1. The SMILES string of the molecule is O=C1C=C/C(=C(/c2ccc(OC3OC(CO)C(O)C(O)C3O)c(Cl)c2)c2ccccc2S(=O)(=O)[O-])C=C1Cl.[Na+]. The van der Waals surface area contributed by atoms with Gasteiger partial charge in [-0.2, -0.15) is 0 Å². The Balaban J connectivity index is 0.00000420. The van der Waals surface area contributed by atoms with Gasteiger partial charge in [0.2, 0.25) is 6.29 Å². The van der Waals surface area contributed by atoms with E-state index in [2.05, 4.69) is 0 Å². The van der Waals surface area contributed by atoms with Crippen LogP contribution in [-0.4, -0.2) is 76.5 Å². The molecule has 1 aliphatic heterocycles. The molecule has 1 saturated heterocycles. The Hall–Kier alpha value is -1.58. The molecule has 2 aromatic carbocycles. The van der Waals surface area contributed by atoms with Crippen LogP contribution in [0.25, 0.3) is 5.57 Å². The summed E-state index contributed by atoms with van der Waals surface area (Å²) in [5.74, 6) is -0.474. The monoisotopic (exact) mass is 606 g/mol. The molecular formula is C25H21Cl2NaO10S. The normalized spacial score (nSPS) is 26.5. The summed E-state index contributed by atoms with van der Waals surface area (Å²) in [6.45, 7) is -0.650. The Bertz CT molecular complexity index is 1450. The van der Waals surface area contributed by atoms with Gasteiger partial charge in [0.15, 0.2) is 5.78 Å². The Morgan fingerprint density at radius 3 is 2.33 bits per heavy atom. The third-order valence-electron chi connectivity index (χ3n) is 5.96. The van der Waals surface area contributed by atoms with Crippen LogP contribution < -0.4 is 34.3 Å². The van der Waals surface area contributed by atoms with E-state index in [1.54, 1.807) is 0 Å². The topological polar surface area (TPSA) is 174 Å². The molecule has 39 heavy (non-hydrogen) atoms. The van der Waals surface area contributed by atoms with Crippen molar-refractivity contribution in [1.82, 2.24) is 0 Å². The van der Waals surface area contributed by atoms with Gasteiger partial charge < -0.3 is 34.5 Å². The van der Waals surface area contributed by atoms with Gasteiger partial charge in [-0.15, -0.1) is 0 Å². The van der Waals surface area contributed by atoms with E-state index >= 15 is 0 Å². The molecular weight excluding hydrogens is 586 g/mol. The van der Waals surface area contributed by atoms with E-state index in [4.69, 9.17) is 32.7 Å². The van der Waals surface area contributed by atoms with Crippen molar-refractivity contribution in [3.05, 3.63) is 87.4 Å². The average molecular weight is 607 g/mol. The second-order valence-corrected chi connectivity index (χ2v) is 10.6. The number of aliphatic hydroxyl groups is 4. The van der Waals surface area contributed by atoms with E-state index in [-0.39, 0.29) is 56.5 Å². The molecule has 202 valence electrons. The molecule has 0 saturated carbocycles. The van der Waals surface area contributed by atoms with Crippen LogP contribution in [0.1, 0.15) is 11.1 Å². The predicted octanol–water partition coefficient (Wildman–Crippen LogP) is -1.51. The molecule has 2 aromatic rings.